The van der Waals surface area contributed by atoms with Gasteiger partial charge in [-0.1, -0.05) is 69.6 Å². The molecular weight excluding hydrogens is 589 g/mol. The molecule has 0 amide bonds. The van der Waals surface area contributed by atoms with Gasteiger partial charge < -0.3 is 4.74 Å². The number of esters is 1. The number of carbonyl (C=O) groups is 2. The number of carbonyl (C=O) groups excluding carboxylic acids is 2. The average molecular weight is 601 g/mol. The van der Waals surface area contributed by atoms with E-state index in [1.54, 1.807) is 18.2 Å². The summed E-state index contributed by atoms with van der Waals surface area (Å²) in [6.45, 7) is 0. The van der Waals surface area contributed by atoms with E-state index in [4.69, 9.17) is 74.3 Å². The molecule has 182 valence electrons. The van der Waals surface area contributed by atoms with E-state index < -0.39 is 11.9 Å². The molecule has 0 bridgehead atoms. The number of benzene rings is 3. The lowest BCUT2D eigenvalue weighted by Gasteiger charge is -2.13. The van der Waals surface area contributed by atoms with Crippen LogP contribution in [0.15, 0.2) is 67.0 Å². The van der Waals surface area contributed by atoms with E-state index in [1.807, 2.05) is 0 Å². The first-order valence-corrected chi connectivity index (χ1v) is 12.3. The van der Waals surface area contributed by atoms with Crippen molar-refractivity contribution in [2.75, 3.05) is 0 Å². The zero-order valence-electron chi connectivity index (χ0n) is 17.8. The second kappa shape index (κ2) is 11.3. The van der Waals surface area contributed by atoms with E-state index in [1.165, 1.54) is 59.4 Å². The maximum absolute atomic E-state index is 13.2. The average Bonchev–Trinajstić information content (AvgIpc) is 3.26. The molecular formula is C25H12Cl6N2O3. The van der Waals surface area contributed by atoms with Gasteiger partial charge in [0.15, 0.2) is 0 Å². The van der Waals surface area contributed by atoms with Crippen molar-refractivity contribution in [3.8, 4) is 0 Å². The molecule has 0 radical (unpaired) electrons. The monoisotopic (exact) mass is 598 g/mol. The van der Waals surface area contributed by atoms with Crippen LogP contribution in [-0.2, 0) is 4.74 Å². The topological polar surface area (TPSA) is 61.2 Å². The van der Waals surface area contributed by atoms with Gasteiger partial charge >= 0.3 is 5.97 Å². The predicted molar refractivity (Wildman–Crippen MR) is 145 cm³/mol. The van der Waals surface area contributed by atoms with Crippen molar-refractivity contribution in [2.24, 2.45) is 0 Å². The van der Waals surface area contributed by atoms with Gasteiger partial charge in [0.1, 0.15) is 11.6 Å². The summed E-state index contributed by atoms with van der Waals surface area (Å²) in [5.74, 6) is -1.12. The maximum Gasteiger partial charge on any atom is 0.345 e. The Kier molecular flexibility index (Phi) is 8.30. The molecule has 0 atom stereocenters. The molecule has 4 aromatic rings. The Morgan fingerprint density at radius 3 is 1.75 bits per heavy atom. The van der Waals surface area contributed by atoms with Crippen LogP contribution in [0.4, 0.5) is 0 Å². The number of aromatic nitrogens is 2. The van der Waals surface area contributed by atoms with Gasteiger partial charge in [-0.2, -0.15) is 0 Å². The first-order chi connectivity index (χ1) is 17.1. The molecule has 0 aliphatic carbocycles. The summed E-state index contributed by atoms with van der Waals surface area (Å²) >= 11 is 36.7. The summed E-state index contributed by atoms with van der Waals surface area (Å²) in [5, 5.41) is 1.59. The maximum atomic E-state index is 13.2. The van der Waals surface area contributed by atoms with Gasteiger partial charge in [-0.05, 0) is 54.6 Å². The van der Waals surface area contributed by atoms with Gasteiger partial charge in [0.25, 0.3) is 5.91 Å². The quantitative estimate of drug-likeness (QED) is 0.170. The summed E-state index contributed by atoms with van der Waals surface area (Å²) in [4.78, 5) is 30.4. The van der Waals surface area contributed by atoms with E-state index in [2.05, 4.69) is 4.98 Å². The molecule has 0 aliphatic rings. The standard InChI is InChI=1S/C25H12Cl6N2O3/c26-13-1-4-16(19(29)9-13)22(36-25(35)18-6-3-15(28)11-21(18)31)12-23-32-7-8-33(23)24(34)17-5-2-14(27)10-20(17)30/h1-12H/b22-12+. The Bertz CT molecular complexity index is 1530. The summed E-state index contributed by atoms with van der Waals surface area (Å²) in [7, 11) is 0. The number of nitrogens with zero attached hydrogens (tertiary/aromatic N) is 2. The van der Waals surface area contributed by atoms with Gasteiger partial charge in [0.2, 0.25) is 0 Å². The zero-order valence-corrected chi connectivity index (χ0v) is 22.4. The fourth-order valence-corrected chi connectivity index (χ4v) is 4.64. The third-order valence-electron chi connectivity index (χ3n) is 4.86. The lowest BCUT2D eigenvalue weighted by atomic mass is 10.1. The predicted octanol–water partition coefficient (Wildman–Crippen LogP) is 8.85. The molecule has 11 heteroatoms. The molecule has 36 heavy (non-hydrogen) atoms. The van der Waals surface area contributed by atoms with Crippen molar-refractivity contribution in [1.29, 1.82) is 0 Å². The molecule has 1 heterocycles. The Hall–Kier alpha value is -2.51. The van der Waals surface area contributed by atoms with Crippen molar-refractivity contribution in [2.45, 2.75) is 0 Å². The highest BCUT2D eigenvalue weighted by Gasteiger charge is 2.21. The Labute approximate surface area is 235 Å². The molecule has 0 saturated carbocycles. The molecule has 1 aromatic heterocycles. The van der Waals surface area contributed by atoms with Gasteiger partial charge in [-0.25, -0.2) is 9.78 Å². The van der Waals surface area contributed by atoms with Crippen LogP contribution in [0.1, 0.15) is 32.1 Å². The van der Waals surface area contributed by atoms with Crippen LogP contribution in [0.5, 0.6) is 0 Å². The number of hydrogen-bond donors (Lipinski definition) is 0. The van der Waals surface area contributed by atoms with E-state index in [9.17, 15) is 9.59 Å². The second-order valence-electron chi connectivity index (χ2n) is 7.23. The number of hydrogen-bond acceptors (Lipinski definition) is 4. The zero-order chi connectivity index (χ0) is 26.0. The Morgan fingerprint density at radius 2 is 1.22 bits per heavy atom. The van der Waals surface area contributed by atoms with E-state index >= 15 is 0 Å². The van der Waals surface area contributed by atoms with Crippen LogP contribution in [0.2, 0.25) is 30.1 Å². The molecule has 0 unspecified atom stereocenters. The third-order valence-corrected chi connectivity index (χ3v) is 6.50. The van der Waals surface area contributed by atoms with Crippen LogP contribution in [0.25, 0.3) is 11.8 Å². The number of rotatable bonds is 5. The second-order valence-corrected chi connectivity index (χ2v) is 9.76. The molecule has 0 N–H and O–H groups in total. The molecule has 0 aliphatic heterocycles. The fourth-order valence-electron chi connectivity index (χ4n) is 3.16. The van der Waals surface area contributed by atoms with Crippen molar-refractivity contribution >= 4 is 93.3 Å². The van der Waals surface area contributed by atoms with Gasteiger partial charge in [-0.3, -0.25) is 9.36 Å². The highest BCUT2D eigenvalue weighted by atomic mass is 35.5. The summed E-state index contributed by atoms with van der Waals surface area (Å²) in [5.41, 5.74) is 0.597. The van der Waals surface area contributed by atoms with Crippen molar-refractivity contribution < 1.29 is 14.3 Å². The van der Waals surface area contributed by atoms with Crippen molar-refractivity contribution in [3.05, 3.63) is 120 Å². The minimum atomic E-state index is -0.779. The third kappa shape index (κ3) is 5.89. The Morgan fingerprint density at radius 1 is 0.722 bits per heavy atom. The van der Waals surface area contributed by atoms with Gasteiger partial charge in [-0.15, -0.1) is 0 Å². The van der Waals surface area contributed by atoms with Gasteiger partial charge in [0.05, 0.1) is 26.2 Å². The molecule has 4 rings (SSSR count). The number of halogens is 6. The van der Waals surface area contributed by atoms with Crippen LogP contribution in [-0.4, -0.2) is 21.4 Å². The highest BCUT2D eigenvalue weighted by molar-refractivity contribution is 6.38. The van der Waals surface area contributed by atoms with Crippen LogP contribution in [0.3, 0.4) is 0 Å². The Balaban J connectivity index is 1.79. The lowest BCUT2D eigenvalue weighted by Crippen LogP contribution is -2.14. The van der Waals surface area contributed by atoms with Crippen LogP contribution < -0.4 is 0 Å². The van der Waals surface area contributed by atoms with Crippen LogP contribution in [0, 0.1) is 0 Å². The van der Waals surface area contributed by atoms with Crippen molar-refractivity contribution in [1.82, 2.24) is 9.55 Å². The molecule has 0 saturated heterocycles. The summed E-state index contributed by atoms with van der Waals surface area (Å²) < 4.78 is 6.91. The SMILES string of the molecule is O=C(O/C(=C/c1nccn1C(=O)c1ccc(Cl)cc1Cl)c1ccc(Cl)cc1Cl)c1ccc(Cl)cc1Cl. The largest absolute Gasteiger partial charge is 0.422 e. The minimum absolute atomic E-state index is 0.00450. The van der Waals surface area contributed by atoms with E-state index in [0.29, 0.717) is 20.6 Å². The molecule has 0 fully saturated rings. The normalized spacial score (nSPS) is 11.4. The number of ether oxygens (including phenoxy) is 1. The van der Waals surface area contributed by atoms with Gasteiger partial charge in [0, 0.05) is 39.1 Å². The minimum Gasteiger partial charge on any atom is -0.422 e. The van der Waals surface area contributed by atoms with Crippen LogP contribution >= 0.6 is 69.6 Å². The highest BCUT2D eigenvalue weighted by Crippen LogP contribution is 2.31. The lowest BCUT2D eigenvalue weighted by molar-refractivity contribution is 0.0693. The molecule has 5 nitrogen and oxygen atoms in total. The summed E-state index contributed by atoms with van der Waals surface area (Å²) in [6, 6.07) is 13.5. The number of imidazole rings is 1. The summed E-state index contributed by atoms with van der Waals surface area (Å²) in [6.07, 6.45) is 4.24. The fraction of sp³-hybridized carbons (Fsp3) is 0. The first kappa shape index (κ1) is 26.6. The van der Waals surface area contributed by atoms with E-state index in [0.717, 1.165) is 0 Å². The molecule has 0 spiro atoms. The van der Waals surface area contributed by atoms with E-state index in [-0.39, 0.29) is 37.8 Å². The smallest absolute Gasteiger partial charge is 0.345 e. The first-order valence-electron chi connectivity index (χ1n) is 10.0. The molecule has 3 aromatic carbocycles. The van der Waals surface area contributed by atoms with Crippen molar-refractivity contribution in [3.63, 3.8) is 0 Å².